The second-order valence-electron chi connectivity index (χ2n) is 7.56. The van der Waals surface area contributed by atoms with Gasteiger partial charge in [-0.25, -0.2) is 0 Å². The van der Waals surface area contributed by atoms with Crippen LogP contribution in [0.15, 0.2) is 38.4 Å². The number of carbonyl (C=O) groups excluding carboxylic acids is 2. The van der Waals surface area contributed by atoms with Crippen LogP contribution in [-0.2, 0) is 16.0 Å². The molecule has 2 N–H and O–H groups in total. The first-order chi connectivity index (χ1) is 13.6. The highest BCUT2D eigenvalue weighted by Gasteiger charge is 2.58. The maximum Gasteiger partial charge on any atom is 0.233 e. The molecule has 9 heteroatoms. The zero-order valence-corrected chi connectivity index (χ0v) is 20.2. The molecule has 29 heavy (non-hydrogen) atoms. The molecule has 0 radical (unpaired) electrons. The van der Waals surface area contributed by atoms with Crippen LogP contribution >= 0.6 is 39.9 Å². The van der Waals surface area contributed by atoms with E-state index in [0.29, 0.717) is 32.0 Å². The van der Waals surface area contributed by atoms with Gasteiger partial charge in [0.1, 0.15) is 5.76 Å². The molecule has 158 valence electrons. The van der Waals surface area contributed by atoms with Gasteiger partial charge >= 0.3 is 0 Å². The van der Waals surface area contributed by atoms with E-state index in [4.69, 9.17) is 4.42 Å². The van der Waals surface area contributed by atoms with Crippen molar-refractivity contribution in [2.75, 3.05) is 26.7 Å². The third-order valence-electron chi connectivity index (χ3n) is 5.93. The van der Waals surface area contributed by atoms with Crippen molar-refractivity contribution in [3.05, 3.63) is 34.7 Å². The Balaban J connectivity index is 0.00000240. The maximum atomic E-state index is 12.7. The minimum absolute atomic E-state index is 0. The molecule has 4 rings (SSSR count). The number of rotatable bonds is 7. The summed E-state index contributed by atoms with van der Waals surface area (Å²) in [6, 6.07) is 3.81. The van der Waals surface area contributed by atoms with Crippen molar-refractivity contribution < 1.29 is 14.0 Å². The molecular formula is C20H26BrIN4O3. The smallest absolute Gasteiger partial charge is 0.233 e. The Labute approximate surface area is 195 Å². The van der Waals surface area contributed by atoms with Gasteiger partial charge in [0.15, 0.2) is 10.6 Å². The number of amides is 2. The van der Waals surface area contributed by atoms with E-state index < -0.39 is 0 Å². The quantitative estimate of drug-likeness (QED) is 0.130. The first-order valence-corrected chi connectivity index (χ1v) is 10.6. The zero-order valence-electron chi connectivity index (χ0n) is 16.3. The summed E-state index contributed by atoms with van der Waals surface area (Å²) in [6.45, 7) is 1.81. The number of guanidine groups is 1. The lowest BCUT2D eigenvalue weighted by atomic mass is 9.85. The van der Waals surface area contributed by atoms with Gasteiger partial charge in [0.25, 0.3) is 0 Å². The number of halogens is 2. The van der Waals surface area contributed by atoms with Gasteiger partial charge in [0.05, 0.1) is 11.8 Å². The highest BCUT2D eigenvalue weighted by Crippen LogP contribution is 2.52. The number of aliphatic imine (C=N–C) groups is 1. The molecule has 2 fully saturated rings. The third-order valence-corrected chi connectivity index (χ3v) is 6.36. The molecule has 2 heterocycles. The molecule has 1 aromatic heterocycles. The van der Waals surface area contributed by atoms with E-state index in [2.05, 4.69) is 43.7 Å². The van der Waals surface area contributed by atoms with Crippen molar-refractivity contribution in [2.45, 2.75) is 19.3 Å². The number of likely N-dealkylation sites (tertiary alicyclic amines) is 1. The Bertz CT molecular complexity index is 794. The molecule has 2 amide bonds. The number of hydrogen-bond donors (Lipinski definition) is 2. The fourth-order valence-electron chi connectivity index (χ4n) is 4.64. The van der Waals surface area contributed by atoms with Gasteiger partial charge in [-0.15, -0.1) is 24.0 Å². The van der Waals surface area contributed by atoms with Crippen molar-refractivity contribution >= 4 is 57.7 Å². The maximum absolute atomic E-state index is 12.7. The van der Waals surface area contributed by atoms with Crippen molar-refractivity contribution in [1.29, 1.82) is 0 Å². The van der Waals surface area contributed by atoms with E-state index in [0.717, 1.165) is 23.3 Å². The molecular weight excluding hydrogens is 551 g/mol. The first-order valence-electron chi connectivity index (χ1n) is 9.80. The summed E-state index contributed by atoms with van der Waals surface area (Å²) < 4.78 is 6.19. The minimum atomic E-state index is -0.105. The number of allylic oxidation sites excluding steroid dienone is 2. The third kappa shape index (κ3) is 4.55. The molecule has 1 saturated carbocycles. The van der Waals surface area contributed by atoms with Crippen LogP contribution in [0.1, 0.15) is 18.6 Å². The molecule has 4 unspecified atom stereocenters. The second-order valence-corrected chi connectivity index (χ2v) is 8.34. The SMILES string of the molecule is CN=C(NCCCN1C(=O)C2C3C=CC(C3)C2C1=O)NCCc1ccc(Br)o1.I. The van der Waals surface area contributed by atoms with Crippen LogP contribution < -0.4 is 10.6 Å². The molecule has 1 aromatic rings. The Morgan fingerprint density at radius 1 is 1.17 bits per heavy atom. The molecule has 0 spiro atoms. The fraction of sp³-hybridized carbons (Fsp3) is 0.550. The van der Waals surface area contributed by atoms with E-state index in [1.54, 1.807) is 7.05 Å². The van der Waals surface area contributed by atoms with Crippen LogP contribution in [0.2, 0.25) is 0 Å². The van der Waals surface area contributed by atoms with Crippen molar-refractivity contribution in [3.8, 4) is 0 Å². The number of furan rings is 1. The van der Waals surface area contributed by atoms with Crippen molar-refractivity contribution in [1.82, 2.24) is 15.5 Å². The fourth-order valence-corrected chi connectivity index (χ4v) is 4.98. The topological polar surface area (TPSA) is 86.9 Å². The summed E-state index contributed by atoms with van der Waals surface area (Å²) in [5.74, 6) is 1.98. The molecule has 7 nitrogen and oxygen atoms in total. The second kappa shape index (κ2) is 9.63. The van der Waals surface area contributed by atoms with Crippen LogP contribution in [0.3, 0.4) is 0 Å². The number of carbonyl (C=O) groups is 2. The van der Waals surface area contributed by atoms with Gasteiger partial charge in [0.2, 0.25) is 11.8 Å². The van der Waals surface area contributed by atoms with Crippen LogP contribution in [0.5, 0.6) is 0 Å². The Morgan fingerprint density at radius 2 is 1.83 bits per heavy atom. The largest absolute Gasteiger partial charge is 0.454 e. The van der Waals surface area contributed by atoms with Crippen LogP contribution in [0, 0.1) is 23.7 Å². The van der Waals surface area contributed by atoms with Gasteiger partial charge in [-0.3, -0.25) is 19.5 Å². The molecule has 0 aromatic carbocycles. The zero-order chi connectivity index (χ0) is 19.7. The molecule has 2 aliphatic carbocycles. The average molecular weight is 577 g/mol. The van der Waals surface area contributed by atoms with Gasteiger partial charge in [-0.2, -0.15) is 0 Å². The Kier molecular flexibility index (Phi) is 7.42. The summed E-state index contributed by atoms with van der Waals surface area (Å²) in [5.41, 5.74) is 0. The average Bonchev–Trinajstić information content (AvgIpc) is 3.44. The number of hydrogen-bond acceptors (Lipinski definition) is 4. The standard InChI is InChI=1S/C20H25BrN4O3.HI/c1-22-20(24-9-7-14-5-6-15(21)28-14)23-8-2-10-25-18(26)16-12-3-4-13(11-12)17(16)19(25)27;/h3-6,12-13,16-17H,2,7-11H2,1H3,(H2,22,23,24);1H. The van der Waals surface area contributed by atoms with E-state index in [1.165, 1.54) is 4.90 Å². The summed E-state index contributed by atoms with van der Waals surface area (Å²) in [4.78, 5) is 31.0. The Morgan fingerprint density at radius 3 is 2.41 bits per heavy atom. The normalized spacial score (nSPS) is 27.4. The van der Waals surface area contributed by atoms with Crippen molar-refractivity contribution in [2.24, 2.45) is 28.7 Å². The van der Waals surface area contributed by atoms with Crippen LogP contribution in [0.4, 0.5) is 0 Å². The van der Waals surface area contributed by atoms with Crippen molar-refractivity contribution in [3.63, 3.8) is 0 Å². The highest BCUT2D eigenvalue weighted by atomic mass is 127. The highest BCUT2D eigenvalue weighted by molar-refractivity contribution is 14.0. The van der Waals surface area contributed by atoms with Crippen LogP contribution in [0.25, 0.3) is 0 Å². The molecule has 3 aliphatic rings. The summed E-state index contributed by atoms with van der Waals surface area (Å²) >= 11 is 3.29. The number of nitrogens with one attached hydrogen (secondary N) is 2. The summed E-state index contributed by atoms with van der Waals surface area (Å²) in [5, 5.41) is 6.47. The molecule has 1 aliphatic heterocycles. The lowest BCUT2D eigenvalue weighted by Gasteiger charge is -2.18. The van der Waals surface area contributed by atoms with E-state index in [-0.39, 0.29) is 59.5 Å². The summed E-state index contributed by atoms with van der Waals surface area (Å²) in [7, 11) is 1.72. The lowest BCUT2D eigenvalue weighted by molar-refractivity contribution is -0.140. The van der Waals surface area contributed by atoms with Gasteiger partial charge in [0, 0.05) is 33.1 Å². The molecule has 2 bridgehead atoms. The number of imide groups is 1. The van der Waals surface area contributed by atoms with Gasteiger partial charge in [-0.1, -0.05) is 12.2 Å². The number of nitrogens with zero attached hydrogens (tertiary/aromatic N) is 2. The monoisotopic (exact) mass is 576 g/mol. The molecule has 1 saturated heterocycles. The number of fused-ring (bicyclic) bond motifs is 5. The Hall–Kier alpha value is -1.36. The van der Waals surface area contributed by atoms with E-state index in [9.17, 15) is 9.59 Å². The van der Waals surface area contributed by atoms with Gasteiger partial charge in [-0.05, 0) is 52.7 Å². The van der Waals surface area contributed by atoms with Gasteiger partial charge < -0.3 is 15.1 Å². The predicted octanol–water partition coefficient (Wildman–Crippen LogP) is 2.56. The minimum Gasteiger partial charge on any atom is -0.454 e. The van der Waals surface area contributed by atoms with E-state index >= 15 is 0 Å². The lowest BCUT2D eigenvalue weighted by Crippen LogP contribution is -2.40. The first kappa shape index (κ1) is 22.3. The predicted molar refractivity (Wildman–Crippen MR) is 124 cm³/mol. The van der Waals surface area contributed by atoms with Crippen LogP contribution in [-0.4, -0.2) is 49.4 Å². The molecule has 4 atom stereocenters. The summed E-state index contributed by atoms with van der Waals surface area (Å²) in [6.07, 6.45) is 6.67. The van der Waals surface area contributed by atoms with E-state index in [1.807, 2.05) is 12.1 Å².